The Kier molecular flexibility index (Phi) is 9.08. The largest absolute Gasteiger partial charge is 1.00 e. The maximum absolute atomic E-state index is 11.1. The van der Waals surface area contributed by atoms with Gasteiger partial charge in [-0.25, -0.2) is 4.98 Å². The normalized spacial score (nSPS) is 13.1. The molecule has 5 heteroatoms. The van der Waals surface area contributed by atoms with Gasteiger partial charge >= 0.3 is 58.2 Å². The Bertz CT molecular complexity index is 640. The molecule has 2 aromatic rings. The van der Waals surface area contributed by atoms with Crippen LogP contribution in [0.15, 0.2) is 30.6 Å². The number of rotatable bonds is 6. The predicted molar refractivity (Wildman–Crippen MR) is 85.3 cm³/mol. The summed E-state index contributed by atoms with van der Waals surface area (Å²) in [4.78, 5) is 15.7. The molecule has 0 saturated carbocycles. The van der Waals surface area contributed by atoms with Crippen molar-refractivity contribution in [3.05, 3.63) is 47.5 Å². The first kappa shape index (κ1) is 20.9. The van der Waals surface area contributed by atoms with E-state index in [9.17, 15) is 4.79 Å². The first-order chi connectivity index (χ1) is 10.3. The Hall–Kier alpha value is -0.135. The van der Waals surface area contributed by atoms with Crippen molar-refractivity contribution < 1.29 is 68.5 Å². The maximum atomic E-state index is 11.1. The Labute approximate surface area is 186 Å². The fraction of sp³-hybridized carbons (Fsp3) is 0.444. The van der Waals surface area contributed by atoms with Crippen molar-refractivity contribution in [2.75, 3.05) is 0 Å². The van der Waals surface area contributed by atoms with E-state index in [-0.39, 0.29) is 69.6 Å². The van der Waals surface area contributed by atoms with Gasteiger partial charge < -0.3 is 14.8 Å². The molecule has 0 amide bonds. The van der Waals surface area contributed by atoms with E-state index in [0.717, 1.165) is 44.2 Å². The van der Waals surface area contributed by atoms with Gasteiger partial charge in [0.25, 0.3) is 0 Å². The fourth-order valence-corrected chi connectivity index (χ4v) is 3.15. The summed E-state index contributed by atoms with van der Waals surface area (Å²) in [6, 6.07) is 8.48. The zero-order chi connectivity index (χ0) is 14.7. The molecule has 4 nitrogen and oxygen atoms in total. The third-order valence-corrected chi connectivity index (χ3v) is 4.35. The molecule has 1 aromatic heterocycles. The van der Waals surface area contributed by atoms with Gasteiger partial charge in [-0.3, -0.25) is 6.29 Å². The molecule has 118 valence electrons. The summed E-state index contributed by atoms with van der Waals surface area (Å²) >= 11 is 0. The number of hydrogen-bond donors (Lipinski definition) is 0. The average molecular weight is 384 g/mol. The minimum atomic E-state index is -0.0123. The molecule has 0 fully saturated rings. The Morgan fingerprint density at radius 1 is 1.30 bits per heavy atom. The van der Waals surface area contributed by atoms with Crippen LogP contribution in [0.3, 0.4) is 0 Å². The summed E-state index contributed by atoms with van der Waals surface area (Å²) in [5.74, 6) is -0.0123. The molecule has 1 aliphatic rings. The van der Waals surface area contributed by atoms with Crippen LogP contribution in [0.5, 0.6) is 0 Å². The third kappa shape index (κ3) is 4.70. The van der Waals surface area contributed by atoms with Gasteiger partial charge in [-0.2, -0.15) is 0 Å². The predicted octanol–water partition coefficient (Wildman–Crippen LogP) is 0.257. The molecule has 0 aliphatic carbocycles. The van der Waals surface area contributed by atoms with Crippen LogP contribution in [0.1, 0.15) is 43.1 Å². The van der Waals surface area contributed by atoms with E-state index in [2.05, 4.69) is 47.0 Å². The smallest absolute Gasteiger partial charge is 0.870 e. The molecular formula is C18H22N2O2Rb-. The average Bonchev–Trinajstić information content (AvgIpc) is 2.94. The van der Waals surface area contributed by atoms with Crippen molar-refractivity contribution in [1.29, 1.82) is 0 Å². The van der Waals surface area contributed by atoms with Gasteiger partial charge in [0.15, 0.2) is 0 Å². The molecule has 0 radical (unpaired) electrons. The zero-order valence-corrected chi connectivity index (χ0v) is 18.9. The second kappa shape index (κ2) is 9.99. The number of carbonyl (C=O) groups excluding carboxylic acids is 1. The molecule has 0 saturated heterocycles. The molecule has 1 aromatic carbocycles. The molecule has 1 atom stereocenters. The van der Waals surface area contributed by atoms with Crippen molar-refractivity contribution >= 4 is 6.29 Å². The van der Waals surface area contributed by atoms with Crippen molar-refractivity contribution in [2.24, 2.45) is 5.92 Å². The van der Waals surface area contributed by atoms with E-state index < -0.39 is 0 Å². The summed E-state index contributed by atoms with van der Waals surface area (Å²) in [7, 11) is 0. The van der Waals surface area contributed by atoms with Crippen molar-refractivity contribution in [3.63, 3.8) is 0 Å². The van der Waals surface area contributed by atoms with Crippen molar-refractivity contribution in [3.8, 4) is 5.69 Å². The van der Waals surface area contributed by atoms with E-state index in [0.29, 0.717) is 0 Å². The van der Waals surface area contributed by atoms with E-state index >= 15 is 0 Å². The van der Waals surface area contributed by atoms with Crippen LogP contribution in [0.4, 0.5) is 0 Å². The number of fused-ring (bicyclic) bond motifs is 3. The number of aryl methyl sites for hydroxylation is 1. The summed E-state index contributed by atoms with van der Waals surface area (Å²) < 4.78 is 2.19. The minimum Gasteiger partial charge on any atom is -0.870 e. The minimum absolute atomic E-state index is 0. The topological polar surface area (TPSA) is 64.9 Å². The number of aromatic nitrogens is 2. The van der Waals surface area contributed by atoms with E-state index in [4.69, 9.17) is 0 Å². The summed E-state index contributed by atoms with van der Waals surface area (Å²) in [5, 5.41) is 0. The van der Waals surface area contributed by atoms with Crippen LogP contribution >= 0.6 is 0 Å². The monoisotopic (exact) mass is 383 g/mol. The maximum Gasteiger partial charge on any atom is 1.00 e. The second-order valence-corrected chi connectivity index (χ2v) is 5.80. The Morgan fingerprint density at radius 3 is 2.83 bits per heavy atom. The molecule has 0 spiro atoms. The SMILES string of the molecule is CCCC[C@@H]([C-]=O)Cc1ncn2c1CCc1ccccc1-2.[OH-].[Rb+]. The molecule has 23 heavy (non-hydrogen) atoms. The van der Waals surface area contributed by atoms with Gasteiger partial charge in [0.2, 0.25) is 0 Å². The Balaban J connectivity index is 0.00000132. The van der Waals surface area contributed by atoms with Crippen LogP contribution in [0, 0.1) is 5.92 Å². The van der Waals surface area contributed by atoms with Crippen LogP contribution in [-0.4, -0.2) is 21.3 Å². The van der Waals surface area contributed by atoms with E-state index in [1.54, 1.807) is 0 Å². The number of unbranched alkanes of at least 4 members (excludes halogenated alkanes) is 1. The first-order valence-corrected chi connectivity index (χ1v) is 7.84. The number of benzene rings is 1. The fourth-order valence-electron chi connectivity index (χ4n) is 3.15. The number of nitrogens with zero attached hydrogens (tertiary/aromatic N) is 2. The van der Waals surface area contributed by atoms with E-state index in [1.807, 2.05) is 6.33 Å². The quantitative estimate of drug-likeness (QED) is 0.672. The summed E-state index contributed by atoms with van der Waals surface area (Å²) in [6.07, 6.45) is 10.0. The molecule has 0 unspecified atom stereocenters. The van der Waals surface area contributed by atoms with Gasteiger partial charge in [0.1, 0.15) is 0 Å². The number of hydrogen-bond acceptors (Lipinski definition) is 3. The number of para-hydroxylation sites is 1. The molecule has 1 aliphatic heterocycles. The van der Waals surface area contributed by atoms with Gasteiger partial charge in [-0.15, -0.1) is 5.92 Å². The van der Waals surface area contributed by atoms with Crippen LogP contribution in [-0.2, 0) is 24.1 Å². The molecule has 1 N–H and O–H groups in total. The van der Waals surface area contributed by atoms with Crippen LogP contribution in [0.25, 0.3) is 5.69 Å². The molecule has 2 heterocycles. The Morgan fingerprint density at radius 2 is 2.09 bits per heavy atom. The third-order valence-electron chi connectivity index (χ3n) is 4.35. The van der Waals surface area contributed by atoms with Crippen LogP contribution < -0.4 is 58.2 Å². The van der Waals surface area contributed by atoms with E-state index in [1.165, 1.54) is 16.9 Å². The van der Waals surface area contributed by atoms with Crippen molar-refractivity contribution in [2.45, 2.75) is 45.4 Å². The second-order valence-electron chi connectivity index (χ2n) is 5.80. The van der Waals surface area contributed by atoms with Gasteiger partial charge in [-0.05, 0) is 30.9 Å². The van der Waals surface area contributed by atoms with Gasteiger partial charge in [0.05, 0.1) is 12.0 Å². The summed E-state index contributed by atoms with van der Waals surface area (Å²) in [5.41, 5.74) is 4.95. The molecular weight excluding hydrogens is 362 g/mol. The van der Waals surface area contributed by atoms with Crippen LogP contribution in [0.2, 0.25) is 0 Å². The molecule has 3 rings (SSSR count). The first-order valence-electron chi connectivity index (χ1n) is 7.84. The van der Waals surface area contributed by atoms with Crippen molar-refractivity contribution in [1.82, 2.24) is 9.55 Å². The van der Waals surface area contributed by atoms with Gasteiger partial charge in [0, 0.05) is 11.4 Å². The zero-order valence-electron chi connectivity index (χ0n) is 14.0. The van der Waals surface area contributed by atoms with Gasteiger partial charge in [-0.1, -0.05) is 44.4 Å². The number of imidazole rings is 1. The standard InChI is InChI=1S/C18H21N2O.H2O.Rb/c1-2-3-6-14(12-21)11-16-18-10-9-15-7-4-5-8-17(15)20(18)13-19-16;;/h4-5,7-8,13-14H,2-3,6,9-11H2,1H3;1H2;/q-1;;+1/p-1/t14-;;/m1../s1. The summed E-state index contributed by atoms with van der Waals surface area (Å²) in [6.45, 7) is 2.15. The molecule has 0 bridgehead atoms.